The van der Waals surface area contributed by atoms with Crippen LogP contribution in [0.25, 0.3) is 16.8 Å². The van der Waals surface area contributed by atoms with E-state index in [0.717, 1.165) is 10.4 Å². The maximum Gasteiger partial charge on any atom is 0.573 e. The van der Waals surface area contributed by atoms with Crippen LogP contribution in [-0.4, -0.2) is 50.5 Å². The van der Waals surface area contributed by atoms with Crippen molar-refractivity contribution in [1.29, 1.82) is 0 Å². The van der Waals surface area contributed by atoms with Crippen molar-refractivity contribution in [2.24, 2.45) is 0 Å². The second kappa shape index (κ2) is 9.40. The minimum Gasteiger partial charge on any atom is -0.489 e. The van der Waals surface area contributed by atoms with Gasteiger partial charge in [-0.3, -0.25) is 4.79 Å². The highest BCUT2D eigenvalue weighted by molar-refractivity contribution is 5.76. The van der Waals surface area contributed by atoms with Crippen LogP contribution in [0.5, 0.6) is 11.5 Å². The third kappa shape index (κ3) is 5.19. The topological polar surface area (TPSA) is 78.1 Å². The number of amides is 1. The number of likely N-dealkylation sites (tertiary alicyclic amines) is 1. The van der Waals surface area contributed by atoms with Gasteiger partial charge in [0.2, 0.25) is 5.91 Å². The molecule has 0 N–H and O–H groups in total. The molecule has 186 valence electrons. The summed E-state index contributed by atoms with van der Waals surface area (Å²) in [4.78, 5) is 27.4. The Hall–Kier alpha value is -4.28. The normalized spacial score (nSPS) is 15.9. The molecular weight excluding hydrogens is 477 g/mol. The Balaban J connectivity index is 1.27. The first-order valence-electron chi connectivity index (χ1n) is 11.2. The summed E-state index contributed by atoms with van der Waals surface area (Å²) in [5, 5.41) is 4.24. The molecule has 5 rings (SSSR count). The highest BCUT2D eigenvalue weighted by Gasteiger charge is 2.31. The number of fused-ring (bicyclic) bond motifs is 1. The summed E-state index contributed by atoms with van der Waals surface area (Å²) in [6, 6.07) is 18.0. The molecule has 1 amide bonds. The molecule has 3 heterocycles. The van der Waals surface area contributed by atoms with Crippen LogP contribution in [0.15, 0.2) is 77.7 Å². The van der Waals surface area contributed by atoms with Crippen LogP contribution in [0, 0.1) is 0 Å². The van der Waals surface area contributed by atoms with Crippen molar-refractivity contribution < 1.29 is 27.4 Å². The number of alkyl halides is 3. The van der Waals surface area contributed by atoms with E-state index in [2.05, 4.69) is 9.84 Å². The van der Waals surface area contributed by atoms with E-state index in [9.17, 15) is 22.8 Å². The lowest BCUT2D eigenvalue weighted by Crippen LogP contribution is -2.36. The summed E-state index contributed by atoms with van der Waals surface area (Å²) >= 11 is 0. The fraction of sp³-hybridized carbons (Fsp3) is 0.240. The molecule has 2 aromatic heterocycles. The van der Waals surface area contributed by atoms with E-state index < -0.39 is 12.1 Å². The first kappa shape index (κ1) is 23.5. The Morgan fingerprint density at radius 2 is 1.69 bits per heavy atom. The first-order valence-corrected chi connectivity index (χ1v) is 11.2. The maximum absolute atomic E-state index is 12.9. The SMILES string of the molecule is O=C(Cn1nc2ccc(-c3ccc(OC(F)(F)F)cc3)cn2c1=O)N1CCC(Oc2ccccc2)C1. The minimum atomic E-state index is -4.77. The quantitative estimate of drug-likeness (QED) is 0.405. The Morgan fingerprint density at radius 1 is 0.972 bits per heavy atom. The number of benzene rings is 2. The molecule has 4 aromatic rings. The Kier molecular flexibility index (Phi) is 6.13. The molecule has 1 aliphatic rings. The van der Waals surface area contributed by atoms with E-state index in [1.807, 2.05) is 30.3 Å². The summed E-state index contributed by atoms with van der Waals surface area (Å²) in [6.07, 6.45) is -2.67. The molecule has 1 atom stereocenters. The second-order valence-electron chi connectivity index (χ2n) is 8.34. The fourth-order valence-electron chi connectivity index (χ4n) is 4.11. The van der Waals surface area contributed by atoms with E-state index >= 15 is 0 Å². The smallest absolute Gasteiger partial charge is 0.489 e. The van der Waals surface area contributed by atoms with E-state index in [4.69, 9.17) is 4.74 Å². The van der Waals surface area contributed by atoms with Gasteiger partial charge in [0, 0.05) is 19.2 Å². The second-order valence-corrected chi connectivity index (χ2v) is 8.34. The van der Waals surface area contributed by atoms with Gasteiger partial charge >= 0.3 is 12.1 Å². The summed E-state index contributed by atoms with van der Waals surface area (Å²) < 4.78 is 49.4. The number of para-hydroxylation sites is 1. The molecule has 36 heavy (non-hydrogen) atoms. The van der Waals surface area contributed by atoms with Gasteiger partial charge in [-0.25, -0.2) is 13.9 Å². The predicted molar refractivity (Wildman–Crippen MR) is 124 cm³/mol. The van der Waals surface area contributed by atoms with Crippen LogP contribution in [0.2, 0.25) is 0 Å². The van der Waals surface area contributed by atoms with E-state index in [0.29, 0.717) is 36.3 Å². The molecule has 8 nitrogen and oxygen atoms in total. The number of hydrogen-bond acceptors (Lipinski definition) is 5. The van der Waals surface area contributed by atoms with Crippen molar-refractivity contribution in [3.8, 4) is 22.6 Å². The lowest BCUT2D eigenvalue weighted by Gasteiger charge is -2.17. The van der Waals surface area contributed by atoms with E-state index in [1.165, 1.54) is 34.9 Å². The minimum absolute atomic E-state index is 0.121. The predicted octanol–water partition coefficient (Wildman–Crippen LogP) is 3.74. The number of aromatic nitrogens is 3. The van der Waals surface area contributed by atoms with E-state index in [-0.39, 0.29) is 24.3 Å². The summed E-state index contributed by atoms with van der Waals surface area (Å²) in [5.41, 5.74) is 1.03. The Bertz CT molecular complexity index is 1430. The Labute approximate surface area is 203 Å². The van der Waals surface area contributed by atoms with Crippen molar-refractivity contribution in [3.63, 3.8) is 0 Å². The third-order valence-corrected chi connectivity index (χ3v) is 5.83. The Morgan fingerprint density at radius 3 is 2.42 bits per heavy atom. The zero-order valence-electron chi connectivity index (χ0n) is 18.9. The van der Waals surface area contributed by atoms with Gasteiger partial charge in [-0.2, -0.15) is 0 Å². The molecular formula is C25H21F3N4O4. The van der Waals surface area contributed by atoms with Crippen LogP contribution in [0.3, 0.4) is 0 Å². The average molecular weight is 498 g/mol. The molecule has 2 aromatic carbocycles. The van der Waals surface area contributed by atoms with Crippen molar-refractivity contribution >= 4 is 11.6 Å². The van der Waals surface area contributed by atoms with Crippen molar-refractivity contribution in [3.05, 3.63) is 83.4 Å². The number of hydrogen-bond donors (Lipinski definition) is 0. The molecule has 0 radical (unpaired) electrons. The van der Waals surface area contributed by atoms with Crippen LogP contribution in [-0.2, 0) is 11.3 Å². The molecule has 0 saturated carbocycles. The highest BCUT2D eigenvalue weighted by Crippen LogP contribution is 2.26. The number of carbonyl (C=O) groups is 1. The van der Waals surface area contributed by atoms with Crippen LogP contribution < -0.4 is 15.2 Å². The first-order chi connectivity index (χ1) is 17.2. The van der Waals surface area contributed by atoms with Crippen LogP contribution in [0.1, 0.15) is 6.42 Å². The number of carbonyl (C=O) groups excluding carboxylic acids is 1. The standard InChI is InChI=1S/C25H21F3N4O4/c26-25(27,28)36-20-9-6-17(7-10-20)18-8-11-22-29-32(24(34)31(22)14-18)16-23(33)30-13-12-21(15-30)35-19-4-2-1-3-5-19/h1-11,14,21H,12-13,15-16H2. The third-order valence-electron chi connectivity index (χ3n) is 5.83. The molecule has 1 aliphatic heterocycles. The zero-order chi connectivity index (χ0) is 25.3. The molecule has 1 unspecified atom stereocenters. The summed E-state index contributed by atoms with van der Waals surface area (Å²) in [5.74, 6) is 0.168. The van der Waals surface area contributed by atoms with Crippen molar-refractivity contribution in [2.75, 3.05) is 13.1 Å². The maximum atomic E-state index is 12.9. The summed E-state index contributed by atoms with van der Waals surface area (Å²) in [6.45, 7) is 0.738. The monoisotopic (exact) mass is 498 g/mol. The zero-order valence-corrected chi connectivity index (χ0v) is 18.9. The van der Waals surface area contributed by atoms with E-state index in [1.54, 1.807) is 17.0 Å². The van der Waals surface area contributed by atoms with Crippen LogP contribution in [0.4, 0.5) is 13.2 Å². The molecule has 1 fully saturated rings. The van der Waals surface area contributed by atoms with Gasteiger partial charge in [0.05, 0.1) is 6.54 Å². The number of pyridine rings is 1. The largest absolute Gasteiger partial charge is 0.573 e. The number of nitrogens with zero attached hydrogens (tertiary/aromatic N) is 4. The highest BCUT2D eigenvalue weighted by atomic mass is 19.4. The number of halogens is 3. The fourth-order valence-corrected chi connectivity index (χ4v) is 4.11. The van der Waals surface area contributed by atoms with Crippen molar-refractivity contribution in [2.45, 2.75) is 25.4 Å². The lowest BCUT2D eigenvalue weighted by molar-refractivity contribution is -0.274. The van der Waals surface area contributed by atoms with Gasteiger partial charge in [0.25, 0.3) is 0 Å². The van der Waals surface area contributed by atoms with Crippen molar-refractivity contribution in [1.82, 2.24) is 19.1 Å². The van der Waals surface area contributed by atoms with Gasteiger partial charge < -0.3 is 14.4 Å². The van der Waals surface area contributed by atoms with Crippen LogP contribution >= 0.6 is 0 Å². The average Bonchev–Trinajstić information content (AvgIpc) is 3.44. The summed E-state index contributed by atoms with van der Waals surface area (Å²) in [7, 11) is 0. The molecule has 0 bridgehead atoms. The van der Waals surface area contributed by atoms with Gasteiger partial charge in [0.15, 0.2) is 5.65 Å². The number of rotatable bonds is 6. The number of ether oxygens (including phenoxy) is 2. The van der Waals surface area contributed by atoms with Gasteiger partial charge in [-0.1, -0.05) is 30.3 Å². The molecule has 0 spiro atoms. The molecule has 0 aliphatic carbocycles. The van der Waals surface area contributed by atoms with Gasteiger partial charge in [0.1, 0.15) is 24.1 Å². The molecule has 1 saturated heterocycles. The van der Waals surface area contributed by atoms with Gasteiger partial charge in [-0.15, -0.1) is 18.3 Å². The van der Waals surface area contributed by atoms with Gasteiger partial charge in [-0.05, 0) is 47.5 Å². The molecule has 11 heteroatoms. The lowest BCUT2D eigenvalue weighted by atomic mass is 10.1.